The summed E-state index contributed by atoms with van der Waals surface area (Å²) >= 11 is 0. The van der Waals surface area contributed by atoms with Crippen molar-refractivity contribution in [2.45, 2.75) is 0 Å². The fourth-order valence-corrected chi connectivity index (χ4v) is 5.23. The van der Waals surface area contributed by atoms with Crippen LogP contribution < -0.4 is 0 Å². The zero-order valence-corrected chi connectivity index (χ0v) is 16.4. The van der Waals surface area contributed by atoms with Gasteiger partial charge in [-0.3, -0.25) is 0 Å². The number of hydrogen-bond donors (Lipinski definition) is 0. The number of hydrogen-bond acceptors (Lipinski definition) is 0. The molecule has 0 aliphatic carbocycles. The molecule has 0 unspecified atom stereocenters. The molecule has 0 heterocycles. The van der Waals surface area contributed by atoms with Gasteiger partial charge in [0.1, 0.15) is 0 Å². The van der Waals surface area contributed by atoms with E-state index in [2.05, 4.69) is 109 Å². The van der Waals surface area contributed by atoms with Crippen molar-refractivity contribution in [2.75, 3.05) is 0 Å². The van der Waals surface area contributed by atoms with Crippen LogP contribution >= 0.6 is 0 Å². The average Bonchev–Trinajstić information content (AvgIpc) is 2.82. The standard InChI is InChI=1S/C30H18/c1-3-7-22-19(5-1)9-13-26-24(22)17-18-29-27(26)15-12-21-11-14-25-23-8-4-2-6-20(23)10-16-28(25)30(21)29/h1-18H. The van der Waals surface area contributed by atoms with E-state index in [0.29, 0.717) is 0 Å². The maximum atomic E-state index is 2.32. The summed E-state index contributed by atoms with van der Waals surface area (Å²) in [6.45, 7) is 0. The SMILES string of the molecule is c1ccc2c(c1)ccc1c2ccc2c1ccc1ccc3c4ccccc4ccc3c12. The third-order valence-corrected chi connectivity index (χ3v) is 6.62. The summed E-state index contributed by atoms with van der Waals surface area (Å²) in [5.41, 5.74) is 0. The summed E-state index contributed by atoms with van der Waals surface area (Å²) in [5, 5.41) is 15.8. The van der Waals surface area contributed by atoms with E-state index < -0.39 is 0 Å². The second-order valence-corrected chi connectivity index (χ2v) is 8.15. The van der Waals surface area contributed by atoms with Crippen LogP contribution in [0, 0.1) is 0 Å². The van der Waals surface area contributed by atoms with Crippen molar-refractivity contribution in [3.05, 3.63) is 109 Å². The monoisotopic (exact) mass is 378 g/mol. The molecule has 0 aliphatic rings. The smallest absolute Gasteiger partial charge is 0.00264 e. The molecule has 138 valence electrons. The second kappa shape index (κ2) is 5.81. The third-order valence-electron chi connectivity index (χ3n) is 6.62. The van der Waals surface area contributed by atoms with E-state index >= 15 is 0 Å². The van der Waals surface area contributed by atoms with Crippen molar-refractivity contribution in [3.8, 4) is 0 Å². The van der Waals surface area contributed by atoms with Gasteiger partial charge < -0.3 is 0 Å². The van der Waals surface area contributed by atoms with Crippen LogP contribution in [-0.4, -0.2) is 0 Å². The maximum Gasteiger partial charge on any atom is -0.00264 e. The fraction of sp³-hybridized carbons (Fsp3) is 0. The molecular weight excluding hydrogens is 360 g/mol. The van der Waals surface area contributed by atoms with Crippen molar-refractivity contribution < 1.29 is 0 Å². The lowest BCUT2D eigenvalue weighted by Gasteiger charge is -2.13. The van der Waals surface area contributed by atoms with Gasteiger partial charge in [-0.25, -0.2) is 0 Å². The Kier molecular flexibility index (Phi) is 3.09. The van der Waals surface area contributed by atoms with Crippen LogP contribution in [0.4, 0.5) is 0 Å². The minimum absolute atomic E-state index is 1.29. The van der Waals surface area contributed by atoms with Gasteiger partial charge in [0, 0.05) is 0 Å². The molecule has 0 saturated carbocycles. The minimum atomic E-state index is 1.29. The molecule has 0 saturated heterocycles. The lowest BCUT2D eigenvalue weighted by molar-refractivity contribution is 1.78. The molecular formula is C30H18. The molecule has 0 atom stereocenters. The number of benzene rings is 7. The van der Waals surface area contributed by atoms with E-state index in [-0.39, 0.29) is 0 Å². The summed E-state index contributed by atoms with van der Waals surface area (Å²) in [4.78, 5) is 0. The first-order valence-electron chi connectivity index (χ1n) is 10.5. The molecule has 0 spiro atoms. The van der Waals surface area contributed by atoms with Crippen molar-refractivity contribution in [1.82, 2.24) is 0 Å². The molecule has 7 rings (SSSR count). The van der Waals surface area contributed by atoms with Crippen molar-refractivity contribution in [3.63, 3.8) is 0 Å². The number of fused-ring (bicyclic) bond motifs is 11. The zero-order valence-electron chi connectivity index (χ0n) is 16.4. The molecule has 0 heteroatoms. The Morgan fingerprint density at radius 1 is 0.233 bits per heavy atom. The molecule has 0 radical (unpaired) electrons. The molecule has 0 aromatic heterocycles. The van der Waals surface area contributed by atoms with Crippen LogP contribution in [-0.2, 0) is 0 Å². The predicted molar refractivity (Wildman–Crippen MR) is 131 cm³/mol. The molecule has 30 heavy (non-hydrogen) atoms. The molecule has 7 aromatic rings. The van der Waals surface area contributed by atoms with E-state index in [9.17, 15) is 0 Å². The molecule has 0 amide bonds. The lowest BCUT2D eigenvalue weighted by atomic mass is 9.91. The largest absolute Gasteiger partial charge is 0.0616 e. The van der Waals surface area contributed by atoms with E-state index in [1.807, 2.05) is 0 Å². The summed E-state index contributed by atoms with van der Waals surface area (Å²) in [7, 11) is 0. The van der Waals surface area contributed by atoms with Gasteiger partial charge in [-0.1, -0.05) is 109 Å². The summed E-state index contributed by atoms with van der Waals surface area (Å²) in [6, 6.07) is 40.2. The summed E-state index contributed by atoms with van der Waals surface area (Å²) < 4.78 is 0. The maximum absolute atomic E-state index is 2.32. The van der Waals surface area contributed by atoms with Crippen LogP contribution in [0.15, 0.2) is 109 Å². The Hall–Kier alpha value is -3.90. The van der Waals surface area contributed by atoms with Gasteiger partial charge in [-0.05, 0) is 64.6 Å². The van der Waals surface area contributed by atoms with Crippen molar-refractivity contribution in [2.24, 2.45) is 0 Å². The highest BCUT2D eigenvalue weighted by Crippen LogP contribution is 2.38. The highest BCUT2D eigenvalue weighted by Gasteiger charge is 2.10. The van der Waals surface area contributed by atoms with E-state index in [1.165, 1.54) is 64.6 Å². The van der Waals surface area contributed by atoms with E-state index in [0.717, 1.165) is 0 Å². The first-order valence-corrected chi connectivity index (χ1v) is 10.5. The van der Waals surface area contributed by atoms with Gasteiger partial charge in [-0.15, -0.1) is 0 Å². The van der Waals surface area contributed by atoms with Gasteiger partial charge in [-0.2, -0.15) is 0 Å². The normalized spacial score (nSPS) is 12.0. The van der Waals surface area contributed by atoms with Crippen LogP contribution in [0.3, 0.4) is 0 Å². The van der Waals surface area contributed by atoms with Crippen LogP contribution in [0.5, 0.6) is 0 Å². The van der Waals surface area contributed by atoms with Crippen LogP contribution in [0.1, 0.15) is 0 Å². The quantitative estimate of drug-likeness (QED) is 0.232. The lowest BCUT2D eigenvalue weighted by Crippen LogP contribution is -1.85. The number of rotatable bonds is 0. The highest BCUT2D eigenvalue weighted by atomic mass is 14.1. The topological polar surface area (TPSA) is 0 Å². The second-order valence-electron chi connectivity index (χ2n) is 8.15. The van der Waals surface area contributed by atoms with E-state index in [1.54, 1.807) is 0 Å². The molecule has 0 fully saturated rings. The molecule has 0 nitrogen and oxygen atoms in total. The third kappa shape index (κ3) is 2.06. The van der Waals surface area contributed by atoms with E-state index in [4.69, 9.17) is 0 Å². The predicted octanol–water partition coefficient (Wildman–Crippen LogP) is 8.61. The van der Waals surface area contributed by atoms with Crippen molar-refractivity contribution in [1.29, 1.82) is 0 Å². The van der Waals surface area contributed by atoms with Gasteiger partial charge in [0.25, 0.3) is 0 Å². The Balaban J connectivity index is 1.70. The average molecular weight is 378 g/mol. The highest BCUT2D eigenvalue weighted by molar-refractivity contribution is 6.28. The van der Waals surface area contributed by atoms with Crippen LogP contribution in [0.2, 0.25) is 0 Å². The summed E-state index contributed by atoms with van der Waals surface area (Å²) in [6.07, 6.45) is 0. The fourth-order valence-electron chi connectivity index (χ4n) is 5.23. The van der Waals surface area contributed by atoms with Gasteiger partial charge in [0.2, 0.25) is 0 Å². The Labute approximate surface area is 174 Å². The molecule has 0 aliphatic heterocycles. The molecule has 7 aromatic carbocycles. The van der Waals surface area contributed by atoms with Gasteiger partial charge in [0.15, 0.2) is 0 Å². The molecule has 0 N–H and O–H groups in total. The van der Waals surface area contributed by atoms with Gasteiger partial charge in [0.05, 0.1) is 0 Å². The van der Waals surface area contributed by atoms with Crippen LogP contribution in [0.25, 0.3) is 64.6 Å². The Morgan fingerprint density at radius 3 is 1.23 bits per heavy atom. The van der Waals surface area contributed by atoms with Crippen molar-refractivity contribution >= 4 is 64.6 Å². The molecule has 0 bridgehead atoms. The minimum Gasteiger partial charge on any atom is -0.0616 e. The summed E-state index contributed by atoms with van der Waals surface area (Å²) in [5.74, 6) is 0. The first-order chi connectivity index (χ1) is 14.9. The van der Waals surface area contributed by atoms with Gasteiger partial charge >= 0.3 is 0 Å². The Morgan fingerprint density at radius 2 is 0.600 bits per heavy atom. The Bertz CT molecular complexity index is 1790. The first kappa shape index (κ1) is 16.0. The zero-order chi connectivity index (χ0) is 19.7.